The molecule has 0 saturated carbocycles. The highest BCUT2D eigenvalue weighted by Gasteiger charge is 2.15. The van der Waals surface area contributed by atoms with Gasteiger partial charge in [-0.2, -0.15) is 0 Å². The first-order valence-corrected chi connectivity index (χ1v) is 7.27. The largest absolute Gasteiger partial charge is 0.122 e. The van der Waals surface area contributed by atoms with E-state index in [2.05, 4.69) is 60.7 Å². The van der Waals surface area contributed by atoms with Gasteiger partial charge in [0.2, 0.25) is 0 Å². The van der Waals surface area contributed by atoms with Gasteiger partial charge in [0, 0.05) is 0 Å². The molecule has 18 heavy (non-hydrogen) atoms. The van der Waals surface area contributed by atoms with Gasteiger partial charge in [-0.05, 0) is 28.3 Å². The number of hydrogen-bond acceptors (Lipinski definition) is 0. The maximum absolute atomic E-state index is 2.28. The molecule has 0 amide bonds. The van der Waals surface area contributed by atoms with Crippen molar-refractivity contribution in [3.8, 4) is 0 Å². The minimum atomic E-state index is 0.781. The first kappa shape index (κ1) is 10.1. The summed E-state index contributed by atoms with van der Waals surface area (Å²) in [6.07, 6.45) is 1.07. The van der Waals surface area contributed by atoms with E-state index in [4.69, 9.17) is 0 Å². The summed E-state index contributed by atoms with van der Waals surface area (Å²) in [6, 6.07) is 22.2. The zero-order chi connectivity index (χ0) is 11.9. The Balaban J connectivity index is 2.08. The highest BCUT2D eigenvalue weighted by Crippen LogP contribution is 2.21. The molecular weight excluding hydrogens is 232 g/mol. The van der Waals surface area contributed by atoms with Gasteiger partial charge in [0.05, 0.1) is 0 Å². The number of benzene rings is 3. The van der Waals surface area contributed by atoms with E-state index in [0.29, 0.717) is 0 Å². The molecule has 0 unspecified atom stereocenters. The minimum Gasteiger partial charge on any atom is -0.0628 e. The highest BCUT2D eigenvalue weighted by atomic mass is 28.2. The predicted octanol–water partition coefficient (Wildman–Crippen LogP) is 2.40. The molecule has 0 N–H and O–H groups in total. The molecule has 0 aliphatic carbocycles. The van der Waals surface area contributed by atoms with Crippen LogP contribution in [0.1, 0.15) is 11.1 Å². The van der Waals surface area contributed by atoms with Crippen LogP contribution in [0.15, 0.2) is 60.7 Å². The summed E-state index contributed by atoms with van der Waals surface area (Å²) in [6.45, 7) is 0. The topological polar surface area (TPSA) is 0 Å². The lowest BCUT2D eigenvalue weighted by Gasteiger charge is -2.06. The van der Waals surface area contributed by atoms with Gasteiger partial charge >= 0.3 is 0 Å². The normalized spacial score (nSPS) is 13.1. The lowest BCUT2D eigenvalue weighted by atomic mass is 9.99. The number of hydrogen-bond donors (Lipinski definition) is 0. The summed E-state index contributed by atoms with van der Waals surface area (Å²) < 4.78 is 0. The average Bonchev–Trinajstić information content (AvgIpc) is 2.57. The molecule has 0 atom stereocenters. The van der Waals surface area contributed by atoms with Crippen LogP contribution in [0, 0.1) is 0 Å². The van der Waals surface area contributed by atoms with Crippen LogP contribution in [0.5, 0.6) is 0 Å². The molecule has 0 fully saturated rings. The summed E-state index contributed by atoms with van der Waals surface area (Å²) >= 11 is 0. The third kappa shape index (κ3) is 1.44. The van der Waals surface area contributed by atoms with E-state index in [-0.39, 0.29) is 0 Å². The predicted molar refractivity (Wildman–Crippen MR) is 78.2 cm³/mol. The van der Waals surface area contributed by atoms with E-state index < -0.39 is 0 Å². The summed E-state index contributed by atoms with van der Waals surface area (Å²) in [5.74, 6) is 0. The van der Waals surface area contributed by atoms with Crippen molar-refractivity contribution < 1.29 is 0 Å². The van der Waals surface area contributed by atoms with Crippen molar-refractivity contribution in [1.82, 2.24) is 0 Å². The summed E-state index contributed by atoms with van der Waals surface area (Å²) in [4.78, 5) is 0. The fraction of sp³-hybridized carbons (Fsp3) is 0.0588. The molecule has 0 nitrogen and oxygen atoms in total. The Hall–Kier alpha value is -1.86. The molecule has 1 aliphatic rings. The van der Waals surface area contributed by atoms with Crippen molar-refractivity contribution in [2.75, 3.05) is 0 Å². The molecule has 2 radical (unpaired) electrons. The molecule has 0 saturated heterocycles. The maximum atomic E-state index is 2.28. The highest BCUT2D eigenvalue weighted by molar-refractivity contribution is 6.70. The monoisotopic (exact) mass is 244 g/mol. The van der Waals surface area contributed by atoms with Crippen molar-refractivity contribution >= 4 is 30.7 Å². The van der Waals surface area contributed by atoms with E-state index in [1.54, 1.807) is 0 Å². The average molecular weight is 244 g/mol. The van der Waals surface area contributed by atoms with Gasteiger partial charge in [-0.3, -0.25) is 0 Å². The molecule has 84 valence electrons. The first-order chi connectivity index (χ1) is 8.92. The Morgan fingerprint density at radius 3 is 2.33 bits per heavy atom. The van der Waals surface area contributed by atoms with Crippen LogP contribution in [0.25, 0.3) is 10.8 Å². The molecule has 3 aromatic carbocycles. The Kier molecular flexibility index (Phi) is 2.14. The molecular formula is C17H12Si. The second-order valence-corrected chi connectivity index (χ2v) is 6.11. The van der Waals surface area contributed by atoms with Gasteiger partial charge in [-0.25, -0.2) is 0 Å². The van der Waals surface area contributed by atoms with Crippen LogP contribution < -0.4 is 10.4 Å². The fourth-order valence-electron chi connectivity index (χ4n) is 2.82. The second-order valence-electron chi connectivity index (χ2n) is 4.78. The van der Waals surface area contributed by atoms with Crippen molar-refractivity contribution in [1.29, 1.82) is 0 Å². The standard InChI is InChI=1S/C17H12Si/c1-2-9-15-13(5-1)11-14-8-3-6-12-7-4-10-16(18-15)17(12)14/h1-10H,11H2. The lowest BCUT2D eigenvalue weighted by Crippen LogP contribution is -2.28. The quantitative estimate of drug-likeness (QED) is 0.417. The lowest BCUT2D eigenvalue weighted by molar-refractivity contribution is 1.24. The molecule has 1 heterocycles. The Bertz CT molecular complexity index is 684. The van der Waals surface area contributed by atoms with E-state index in [9.17, 15) is 0 Å². The molecule has 1 heteroatoms. The fourth-order valence-corrected chi connectivity index (χ4v) is 4.23. The van der Waals surface area contributed by atoms with Gasteiger partial charge in [0.25, 0.3) is 0 Å². The van der Waals surface area contributed by atoms with Crippen LogP contribution in [0.3, 0.4) is 0 Å². The molecule has 0 bridgehead atoms. The van der Waals surface area contributed by atoms with E-state index in [1.807, 2.05) is 0 Å². The van der Waals surface area contributed by atoms with Crippen LogP contribution in [-0.2, 0) is 6.42 Å². The number of fused-ring (bicyclic) bond motifs is 1. The zero-order valence-electron chi connectivity index (χ0n) is 9.98. The first-order valence-electron chi connectivity index (χ1n) is 6.27. The second kappa shape index (κ2) is 3.82. The Morgan fingerprint density at radius 2 is 1.39 bits per heavy atom. The zero-order valence-corrected chi connectivity index (χ0v) is 11.0. The molecule has 0 aromatic heterocycles. The number of rotatable bonds is 0. The third-order valence-electron chi connectivity index (χ3n) is 3.66. The molecule has 1 aliphatic heterocycles. The van der Waals surface area contributed by atoms with Gasteiger partial charge in [0.15, 0.2) is 0 Å². The Morgan fingerprint density at radius 1 is 0.667 bits per heavy atom. The van der Waals surface area contributed by atoms with Gasteiger partial charge in [0.1, 0.15) is 9.52 Å². The van der Waals surface area contributed by atoms with Crippen molar-refractivity contribution in [3.05, 3.63) is 71.8 Å². The third-order valence-corrected chi connectivity index (χ3v) is 5.10. The van der Waals surface area contributed by atoms with Crippen LogP contribution in [0.2, 0.25) is 0 Å². The van der Waals surface area contributed by atoms with Crippen LogP contribution in [0.4, 0.5) is 0 Å². The van der Waals surface area contributed by atoms with E-state index in [1.165, 1.54) is 32.3 Å². The van der Waals surface area contributed by atoms with Crippen molar-refractivity contribution in [2.24, 2.45) is 0 Å². The molecule has 3 aromatic rings. The molecule has 4 rings (SSSR count). The van der Waals surface area contributed by atoms with Crippen molar-refractivity contribution in [3.63, 3.8) is 0 Å². The summed E-state index contributed by atoms with van der Waals surface area (Å²) in [7, 11) is 0.781. The van der Waals surface area contributed by atoms with Gasteiger partial charge < -0.3 is 0 Å². The van der Waals surface area contributed by atoms with E-state index in [0.717, 1.165) is 15.9 Å². The SMILES string of the molecule is c1ccc2c(c1)Cc1cccc3cccc(c13)[Si]2. The maximum Gasteiger partial charge on any atom is 0.122 e. The Labute approximate surface area is 109 Å². The molecule has 0 spiro atoms. The van der Waals surface area contributed by atoms with Crippen LogP contribution >= 0.6 is 0 Å². The van der Waals surface area contributed by atoms with Gasteiger partial charge in [-0.1, -0.05) is 71.0 Å². The summed E-state index contributed by atoms with van der Waals surface area (Å²) in [5, 5.41) is 5.86. The van der Waals surface area contributed by atoms with Gasteiger partial charge in [-0.15, -0.1) is 0 Å². The van der Waals surface area contributed by atoms with E-state index >= 15 is 0 Å². The summed E-state index contributed by atoms with van der Waals surface area (Å²) in [5.41, 5.74) is 2.96. The smallest absolute Gasteiger partial charge is 0.0628 e. The minimum absolute atomic E-state index is 0.781. The van der Waals surface area contributed by atoms with Crippen molar-refractivity contribution in [2.45, 2.75) is 6.42 Å². The van der Waals surface area contributed by atoms with Crippen LogP contribution in [-0.4, -0.2) is 9.52 Å².